The number of hydrogen-bond donors (Lipinski definition) is 0. The number of hydrogen-bond acceptors (Lipinski definition) is 5. The highest BCUT2D eigenvalue weighted by molar-refractivity contribution is 7.07. The minimum Gasteiger partial charge on any atom is -0.371 e. The predicted octanol–water partition coefficient (Wildman–Crippen LogP) is 2.56. The Morgan fingerprint density at radius 1 is 1.53 bits per heavy atom. The van der Waals surface area contributed by atoms with E-state index in [-0.39, 0.29) is 12.0 Å². The molecule has 0 saturated carbocycles. The molecule has 1 aromatic heterocycles. The Labute approximate surface area is 117 Å². The van der Waals surface area contributed by atoms with Crippen molar-refractivity contribution in [3.05, 3.63) is 22.4 Å². The number of thiophene rings is 1. The Bertz CT molecular complexity index is 460. The van der Waals surface area contributed by atoms with E-state index in [4.69, 9.17) is 15.3 Å². The maximum Gasteiger partial charge on any atom is 0.0960 e. The third-order valence-electron chi connectivity index (χ3n) is 3.33. The fourth-order valence-corrected chi connectivity index (χ4v) is 2.98. The molecule has 0 aliphatic carbocycles. The van der Waals surface area contributed by atoms with Gasteiger partial charge in [0.2, 0.25) is 0 Å². The largest absolute Gasteiger partial charge is 0.371 e. The molecule has 0 radical (unpaired) electrons. The van der Waals surface area contributed by atoms with Crippen LogP contribution in [0.3, 0.4) is 0 Å². The zero-order valence-electron chi connectivity index (χ0n) is 10.8. The first-order valence-electron chi connectivity index (χ1n) is 6.46. The second-order valence-corrected chi connectivity index (χ2v) is 5.48. The van der Waals surface area contributed by atoms with Crippen LogP contribution in [-0.2, 0) is 4.74 Å². The molecule has 0 N–H and O–H groups in total. The molecule has 0 amide bonds. The molecule has 1 aliphatic rings. The molecule has 2 atom stereocenters. The van der Waals surface area contributed by atoms with Gasteiger partial charge in [0, 0.05) is 26.1 Å². The van der Waals surface area contributed by atoms with Crippen molar-refractivity contribution in [3.63, 3.8) is 0 Å². The highest BCUT2D eigenvalue weighted by atomic mass is 32.1. The number of rotatable bonds is 5. The van der Waals surface area contributed by atoms with Crippen LogP contribution in [0.15, 0.2) is 16.8 Å². The van der Waals surface area contributed by atoms with E-state index in [0.29, 0.717) is 19.4 Å². The third-order valence-corrected chi connectivity index (χ3v) is 4.03. The van der Waals surface area contributed by atoms with Gasteiger partial charge in [-0.25, -0.2) is 0 Å². The summed E-state index contributed by atoms with van der Waals surface area (Å²) < 4.78 is 5.78. The zero-order chi connectivity index (χ0) is 13.5. The van der Waals surface area contributed by atoms with Gasteiger partial charge < -0.3 is 4.74 Å². The first-order chi connectivity index (χ1) is 9.33. The molecule has 2 heterocycles. The molecule has 0 aromatic carbocycles. The van der Waals surface area contributed by atoms with Crippen molar-refractivity contribution in [1.82, 2.24) is 4.90 Å². The average molecular weight is 275 g/mol. The summed E-state index contributed by atoms with van der Waals surface area (Å²) in [6.45, 7) is 3.14. The van der Waals surface area contributed by atoms with Crippen LogP contribution in [0.2, 0.25) is 0 Å². The van der Waals surface area contributed by atoms with E-state index >= 15 is 0 Å². The van der Waals surface area contributed by atoms with Crippen molar-refractivity contribution in [3.8, 4) is 12.1 Å². The average Bonchev–Trinajstić information content (AvgIpc) is 2.98. The third kappa shape index (κ3) is 4.04. The molecule has 100 valence electrons. The van der Waals surface area contributed by atoms with Gasteiger partial charge >= 0.3 is 0 Å². The van der Waals surface area contributed by atoms with Gasteiger partial charge in [0.1, 0.15) is 0 Å². The Balaban J connectivity index is 1.87. The molecule has 1 fully saturated rings. The SMILES string of the molecule is N#CCCC(C#N)CN1CCOC(c2ccsc2)C1. The summed E-state index contributed by atoms with van der Waals surface area (Å²) in [6.07, 6.45) is 1.24. The molecule has 1 saturated heterocycles. The smallest absolute Gasteiger partial charge is 0.0960 e. The van der Waals surface area contributed by atoms with Gasteiger partial charge in [0.25, 0.3) is 0 Å². The highest BCUT2D eigenvalue weighted by Crippen LogP contribution is 2.24. The van der Waals surface area contributed by atoms with Crippen molar-refractivity contribution in [2.24, 2.45) is 5.92 Å². The minimum atomic E-state index is -0.0547. The van der Waals surface area contributed by atoms with Crippen LogP contribution >= 0.6 is 11.3 Å². The van der Waals surface area contributed by atoms with E-state index in [2.05, 4.69) is 33.9 Å². The molecule has 1 aliphatic heterocycles. The molecule has 0 spiro atoms. The van der Waals surface area contributed by atoms with Crippen LogP contribution in [0.25, 0.3) is 0 Å². The fraction of sp³-hybridized carbons (Fsp3) is 0.571. The Hall–Kier alpha value is -1.40. The molecule has 4 nitrogen and oxygen atoms in total. The lowest BCUT2D eigenvalue weighted by Crippen LogP contribution is -2.40. The van der Waals surface area contributed by atoms with Gasteiger partial charge in [-0.1, -0.05) is 0 Å². The monoisotopic (exact) mass is 275 g/mol. The summed E-state index contributed by atoms with van der Waals surface area (Å²) in [5.41, 5.74) is 1.22. The second-order valence-electron chi connectivity index (χ2n) is 4.70. The summed E-state index contributed by atoms with van der Waals surface area (Å²) in [4.78, 5) is 2.27. The predicted molar refractivity (Wildman–Crippen MR) is 73.4 cm³/mol. The standard InChI is InChI=1S/C14H17N3OS/c15-4-1-2-12(8-16)9-17-5-6-18-14(10-17)13-3-7-19-11-13/h3,7,11-12,14H,1-2,5-6,9-10H2. The summed E-state index contributed by atoms with van der Waals surface area (Å²) in [7, 11) is 0. The van der Waals surface area contributed by atoms with Gasteiger partial charge in [-0.05, 0) is 28.8 Å². The van der Waals surface area contributed by atoms with Crippen LogP contribution in [0, 0.1) is 28.6 Å². The minimum absolute atomic E-state index is 0.0547. The first-order valence-corrected chi connectivity index (χ1v) is 7.40. The van der Waals surface area contributed by atoms with Gasteiger partial charge in [-0.3, -0.25) is 4.90 Å². The Morgan fingerprint density at radius 2 is 2.42 bits per heavy atom. The number of nitrogens with zero attached hydrogens (tertiary/aromatic N) is 3. The Morgan fingerprint density at radius 3 is 3.11 bits per heavy atom. The molecular formula is C14H17N3OS. The van der Waals surface area contributed by atoms with Gasteiger partial charge in [-0.2, -0.15) is 21.9 Å². The van der Waals surface area contributed by atoms with Crippen molar-refractivity contribution in [2.75, 3.05) is 26.2 Å². The highest BCUT2D eigenvalue weighted by Gasteiger charge is 2.24. The van der Waals surface area contributed by atoms with E-state index < -0.39 is 0 Å². The van der Waals surface area contributed by atoms with Gasteiger partial charge in [0.05, 0.1) is 30.8 Å². The second kappa shape index (κ2) is 7.25. The molecule has 5 heteroatoms. The lowest BCUT2D eigenvalue weighted by atomic mass is 10.0. The van der Waals surface area contributed by atoms with Crippen LogP contribution in [0.4, 0.5) is 0 Å². The van der Waals surface area contributed by atoms with Crippen LogP contribution < -0.4 is 0 Å². The van der Waals surface area contributed by atoms with Crippen molar-refractivity contribution < 1.29 is 4.74 Å². The fourth-order valence-electron chi connectivity index (χ4n) is 2.28. The lowest BCUT2D eigenvalue weighted by molar-refractivity contribution is -0.0326. The van der Waals surface area contributed by atoms with Crippen molar-refractivity contribution in [1.29, 1.82) is 10.5 Å². The van der Waals surface area contributed by atoms with Crippen LogP contribution in [-0.4, -0.2) is 31.1 Å². The molecule has 1 aromatic rings. The summed E-state index contributed by atoms with van der Waals surface area (Å²) in [6, 6.07) is 6.50. The lowest BCUT2D eigenvalue weighted by Gasteiger charge is -2.33. The first kappa shape index (κ1) is 14.0. The quantitative estimate of drug-likeness (QED) is 0.828. The Kier molecular flexibility index (Phi) is 5.35. The summed E-state index contributed by atoms with van der Waals surface area (Å²) in [5, 5.41) is 21.9. The number of morpholine rings is 1. The van der Waals surface area contributed by atoms with Crippen molar-refractivity contribution in [2.45, 2.75) is 18.9 Å². The van der Waals surface area contributed by atoms with Crippen LogP contribution in [0.5, 0.6) is 0 Å². The van der Waals surface area contributed by atoms with Gasteiger partial charge in [-0.15, -0.1) is 0 Å². The molecular weight excluding hydrogens is 258 g/mol. The molecule has 2 unspecified atom stereocenters. The maximum absolute atomic E-state index is 9.12. The molecule has 0 bridgehead atoms. The van der Waals surface area contributed by atoms with E-state index in [9.17, 15) is 0 Å². The van der Waals surface area contributed by atoms with E-state index in [0.717, 1.165) is 19.6 Å². The van der Waals surface area contributed by atoms with E-state index in [1.165, 1.54) is 5.56 Å². The van der Waals surface area contributed by atoms with Crippen LogP contribution in [0.1, 0.15) is 24.5 Å². The molecule has 2 rings (SSSR count). The summed E-state index contributed by atoms with van der Waals surface area (Å²) >= 11 is 1.68. The molecule has 19 heavy (non-hydrogen) atoms. The van der Waals surface area contributed by atoms with Crippen molar-refractivity contribution >= 4 is 11.3 Å². The summed E-state index contributed by atoms with van der Waals surface area (Å²) in [5.74, 6) is -0.0547. The van der Waals surface area contributed by atoms with Gasteiger partial charge in [0.15, 0.2) is 0 Å². The van der Waals surface area contributed by atoms with E-state index in [1.807, 2.05) is 0 Å². The number of nitriles is 2. The topological polar surface area (TPSA) is 60.0 Å². The normalized spacial score (nSPS) is 21.5. The van der Waals surface area contributed by atoms with E-state index in [1.54, 1.807) is 11.3 Å². The maximum atomic E-state index is 9.12. The zero-order valence-corrected chi connectivity index (χ0v) is 11.6. The number of ether oxygens (including phenoxy) is 1.